The van der Waals surface area contributed by atoms with Crippen LogP contribution in [0.2, 0.25) is 0 Å². The molecule has 2 rings (SSSR count). The topological polar surface area (TPSA) is 46.2 Å². The molecule has 1 aromatic heterocycles. The molecule has 0 spiro atoms. The van der Waals surface area contributed by atoms with Gasteiger partial charge in [-0.25, -0.2) is 8.42 Å². The van der Waals surface area contributed by atoms with Crippen LogP contribution in [0, 0.1) is 0 Å². The Morgan fingerprint density at radius 2 is 2.05 bits per heavy atom. The zero-order chi connectivity index (χ0) is 14.6. The van der Waals surface area contributed by atoms with E-state index < -0.39 is 9.84 Å². The maximum absolute atomic E-state index is 11.7. The van der Waals surface area contributed by atoms with Gasteiger partial charge >= 0.3 is 0 Å². The molecule has 20 heavy (non-hydrogen) atoms. The van der Waals surface area contributed by atoms with Gasteiger partial charge in [0.15, 0.2) is 9.84 Å². The number of sulfone groups is 1. The number of hydrogen-bond acceptors (Lipinski definition) is 4. The van der Waals surface area contributed by atoms with Crippen LogP contribution in [-0.2, 0) is 16.3 Å². The molecule has 0 saturated carbocycles. The van der Waals surface area contributed by atoms with Crippen molar-refractivity contribution in [2.45, 2.75) is 24.3 Å². The predicted octanol–water partition coefficient (Wildman–Crippen LogP) is 3.04. The Bertz CT molecular complexity index is 648. The van der Waals surface area contributed by atoms with Crippen LogP contribution < -0.4 is 5.32 Å². The van der Waals surface area contributed by atoms with Gasteiger partial charge in [-0.3, -0.25) is 0 Å². The summed E-state index contributed by atoms with van der Waals surface area (Å²) in [5.74, 6) is 0. The van der Waals surface area contributed by atoms with Crippen molar-refractivity contribution in [3.05, 3.63) is 52.2 Å². The average Bonchev–Trinajstić information content (AvgIpc) is 2.90. The Hall–Kier alpha value is -1.17. The van der Waals surface area contributed by atoms with E-state index in [4.69, 9.17) is 0 Å². The molecule has 0 bridgehead atoms. The van der Waals surface area contributed by atoms with Gasteiger partial charge in [0, 0.05) is 23.6 Å². The summed E-state index contributed by atoms with van der Waals surface area (Å²) >= 11 is 1.72. The second-order valence-corrected chi connectivity index (χ2v) is 7.79. The minimum Gasteiger partial charge on any atom is -0.310 e. The van der Waals surface area contributed by atoms with Crippen molar-refractivity contribution in [1.29, 1.82) is 0 Å². The van der Waals surface area contributed by atoms with Gasteiger partial charge in [0.1, 0.15) is 0 Å². The molecule has 0 aliphatic carbocycles. The van der Waals surface area contributed by atoms with Crippen LogP contribution in [0.1, 0.15) is 23.4 Å². The summed E-state index contributed by atoms with van der Waals surface area (Å²) in [6.07, 6.45) is 2.12. The Morgan fingerprint density at radius 1 is 1.25 bits per heavy atom. The Morgan fingerprint density at radius 3 is 2.65 bits per heavy atom. The first kappa shape index (κ1) is 15.2. The van der Waals surface area contributed by atoms with E-state index in [0.29, 0.717) is 4.90 Å². The van der Waals surface area contributed by atoms with Crippen LogP contribution in [0.25, 0.3) is 0 Å². The fraction of sp³-hybridized carbons (Fsp3) is 0.333. The largest absolute Gasteiger partial charge is 0.310 e. The van der Waals surface area contributed by atoms with Gasteiger partial charge in [0.25, 0.3) is 0 Å². The lowest BCUT2D eigenvalue weighted by Crippen LogP contribution is -2.22. The van der Waals surface area contributed by atoms with Gasteiger partial charge in [-0.1, -0.05) is 25.1 Å². The van der Waals surface area contributed by atoms with Gasteiger partial charge in [0.2, 0.25) is 0 Å². The standard InChI is InChI=1S/C15H19NO2S2/c1-3-16-15(11-13-7-5-9-19-13)12-6-4-8-14(10-12)20(2,17)18/h4-10,15-16H,3,11H2,1-2H3. The van der Waals surface area contributed by atoms with E-state index in [2.05, 4.69) is 23.7 Å². The van der Waals surface area contributed by atoms with E-state index in [1.165, 1.54) is 11.1 Å². The quantitative estimate of drug-likeness (QED) is 0.892. The normalized spacial score (nSPS) is 13.3. The summed E-state index contributed by atoms with van der Waals surface area (Å²) in [5.41, 5.74) is 1.02. The summed E-state index contributed by atoms with van der Waals surface area (Å²) in [6.45, 7) is 2.90. The summed E-state index contributed by atoms with van der Waals surface area (Å²) < 4.78 is 23.3. The number of nitrogens with one attached hydrogen (secondary N) is 1. The first-order valence-corrected chi connectivity index (χ1v) is 9.33. The lowest BCUT2D eigenvalue weighted by atomic mass is 10.0. The maximum Gasteiger partial charge on any atom is 0.175 e. The second-order valence-electron chi connectivity index (χ2n) is 4.74. The third-order valence-electron chi connectivity index (χ3n) is 3.12. The lowest BCUT2D eigenvalue weighted by Gasteiger charge is -2.18. The van der Waals surface area contributed by atoms with Gasteiger partial charge < -0.3 is 5.32 Å². The molecule has 1 atom stereocenters. The first-order chi connectivity index (χ1) is 9.50. The molecule has 0 aliphatic heterocycles. The molecule has 2 aromatic rings. The third-order valence-corrected chi connectivity index (χ3v) is 5.13. The van der Waals surface area contributed by atoms with Crippen molar-refractivity contribution in [1.82, 2.24) is 5.32 Å². The molecule has 1 heterocycles. The van der Waals surface area contributed by atoms with Crippen molar-refractivity contribution >= 4 is 21.2 Å². The zero-order valence-corrected chi connectivity index (χ0v) is 13.3. The fourth-order valence-electron chi connectivity index (χ4n) is 2.15. The molecule has 108 valence electrons. The summed E-state index contributed by atoms with van der Waals surface area (Å²) in [4.78, 5) is 1.67. The van der Waals surface area contributed by atoms with Crippen molar-refractivity contribution < 1.29 is 8.42 Å². The molecule has 0 fully saturated rings. The Labute approximate surface area is 124 Å². The van der Waals surface area contributed by atoms with E-state index in [1.54, 1.807) is 23.5 Å². The van der Waals surface area contributed by atoms with Gasteiger partial charge in [-0.05, 0) is 35.7 Å². The number of benzene rings is 1. The van der Waals surface area contributed by atoms with Crippen LogP contribution >= 0.6 is 11.3 Å². The highest BCUT2D eigenvalue weighted by Crippen LogP contribution is 2.23. The molecular weight excluding hydrogens is 290 g/mol. The summed E-state index contributed by atoms with van der Waals surface area (Å²) in [6, 6.07) is 11.5. The molecule has 0 saturated heterocycles. The molecule has 1 N–H and O–H groups in total. The van der Waals surface area contributed by atoms with E-state index in [1.807, 2.05) is 18.2 Å². The molecular formula is C15H19NO2S2. The highest BCUT2D eigenvalue weighted by molar-refractivity contribution is 7.90. The van der Waals surface area contributed by atoms with Crippen LogP contribution in [-0.4, -0.2) is 21.2 Å². The highest BCUT2D eigenvalue weighted by atomic mass is 32.2. The van der Waals surface area contributed by atoms with Crippen molar-refractivity contribution in [2.75, 3.05) is 12.8 Å². The fourth-order valence-corrected chi connectivity index (χ4v) is 3.57. The molecule has 1 unspecified atom stereocenters. The van der Waals surface area contributed by atoms with E-state index in [0.717, 1.165) is 18.5 Å². The molecule has 0 amide bonds. The third kappa shape index (κ3) is 3.91. The van der Waals surface area contributed by atoms with E-state index >= 15 is 0 Å². The second kappa shape index (κ2) is 6.52. The maximum atomic E-state index is 11.7. The van der Waals surface area contributed by atoms with Crippen molar-refractivity contribution in [3.63, 3.8) is 0 Å². The monoisotopic (exact) mass is 309 g/mol. The molecule has 5 heteroatoms. The van der Waals surface area contributed by atoms with Gasteiger partial charge in [-0.2, -0.15) is 0 Å². The number of rotatable bonds is 6. The smallest absolute Gasteiger partial charge is 0.175 e. The highest BCUT2D eigenvalue weighted by Gasteiger charge is 2.14. The van der Waals surface area contributed by atoms with Crippen molar-refractivity contribution in [2.24, 2.45) is 0 Å². The average molecular weight is 309 g/mol. The van der Waals surface area contributed by atoms with Crippen LogP contribution in [0.4, 0.5) is 0 Å². The zero-order valence-electron chi connectivity index (χ0n) is 11.7. The number of likely N-dealkylation sites (N-methyl/N-ethyl adjacent to an activating group) is 1. The molecule has 0 aliphatic rings. The van der Waals surface area contributed by atoms with Gasteiger partial charge in [0.05, 0.1) is 4.90 Å². The Kier molecular flexibility index (Phi) is 4.96. The first-order valence-electron chi connectivity index (χ1n) is 6.56. The predicted molar refractivity (Wildman–Crippen MR) is 84.0 cm³/mol. The molecule has 0 radical (unpaired) electrons. The minimum absolute atomic E-state index is 0.139. The van der Waals surface area contributed by atoms with Crippen molar-refractivity contribution in [3.8, 4) is 0 Å². The summed E-state index contributed by atoms with van der Waals surface area (Å²) in [7, 11) is -3.16. The van der Waals surface area contributed by atoms with E-state index in [-0.39, 0.29) is 6.04 Å². The van der Waals surface area contributed by atoms with Gasteiger partial charge in [-0.15, -0.1) is 11.3 Å². The van der Waals surface area contributed by atoms with Crippen LogP contribution in [0.3, 0.4) is 0 Å². The minimum atomic E-state index is -3.16. The summed E-state index contributed by atoms with van der Waals surface area (Å²) in [5, 5.41) is 5.49. The molecule has 3 nitrogen and oxygen atoms in total. The van der Waals surface area contributed by atoms with E-state index in [9.17, 15) is 8.42 Å². The number of hydrogen-bond donors (Lipinski definition) is 1. The molecule has 1 aromatic carbocycles. The number of thiophene rings is 1. The SMILES string of the molecule is CCNC(Cc1cccs1)c1cccc(S(C)(=O)=O)c1. The van der Waals surface area contributed by atoms with Crippen LogP contribution in [0.5, 0.6) is 0 Å². The lowest BCUT2D eigenvalue weighted by molar-refractivity contribution is 0.551. The Balaban J connectivity index is 2.29. The van der Waals surface area contributed by atoms with Crippen LogP contribution in [0.15, 0.2) is 46.7 Å².